The number of hydrogen-bond donors (Lipinski definition) is 1. The average Bonchev–Trinajstić information content (AvgIpc) is 2.46. The summed E-state index contributed by atoms with van der Waals surface area (Å²) >= 11 is 0. The third-order valence-electron chi connectivity index (χ3n) is 3.74. The standard InChI is InChI=1S/C11H16F6N2O5S2/c1-2-9(20)19(26(23,24)11(15,16)17)8-6-4-3-5-7(8)18-25(21,22)10(12,13)14/h7-8,18H,2-6H2,1H3. The van der Waals surface area contributed by atoms with Crippen LogP contribution >= 0.6 is 0 Å². The van der Waals surface area contributed by atoms with Crippen LogP contribution < -0.4 is 4.72 Å². The predicted molar refractivity (Wildman–Crippen MR) is 76.3 cm³/mol. The molecular formula is C11H16F6N2O5S2. The number of rotatable bonds is 5. The van der Waals surface area contributed by atoms with Crippen molar-refractivity contribution in [2.75, 3.05) is 0 Å². The molecule has 1 amide bonds. The maximum atomic E-state index is 12.9. The van der Waals surface area contributed by atoms with E-state index in [1.165, 1.54) is 4.72 Å². The number of alkyl halides is 6. The zero-order chi connectivity index (χ0) is 20.6. The van der Waals surface area contributed by atoms with Crippen LogP contribution in [0, 0.1) is 0 Å². The van der Waals surface area contributed by atoms with E-state index in [1.54, 1.807) is 0 Å². The van der Waals surface area contributed by atoms with E-state index in [0.29, 0.717) is 0 Å². The topological polar surface area (TPSA) is 101 Å². The van der Waals surface area contributed by atoms with Gasteiger partial charge in [0.15, 0.2) is 0 Å². The molecule has 0 spiro atoms. The van der Waals surface area contributed by atoms with Crippen LogP contribution in [0.15, 0.2) is 0 Å². The third-order valence-corrected chi connectivity index (χ3v) is 6.54. The molecule has 0 heterocycles. The molecule has 0 saturated heterocycles. The minimum Gasteiger partial charge on any atom is -0.274 e. The summed E-state index contributed by atoms with van der Waals surface area (Å²) in [5.41, 5.74) is -11.6. The van der Waals surface area contributed by atoms with E-state index in [-0.39, 0.29) is 19.3 Å². The fraction of sp³-hybridized carbons (Fsp3) is 0.909. The first kappa shape index (κ1) is 23.0. The Morgan fingerprint density at radius 1 is 1.00 bits per heavy atom. The van der Waals surface area contributed by atoms with Gasteiger partial charge in [-0.15, -0.1) is 0 Å². The molecule has 26 heavy (non-hydrogen) atoms. The summed E-state index contributed by atoms with van der Waals surface area (Å²) in [6.07, 6.45) is -1.20. The van der Waals surface area contributed by atoms with Gasteiger partial charge in [-0.3, -0.25) is 4.79 Å². The molecule has 0 radical (unpaired) electrons. The SMILES string of the molecule is CCC(=O)N(C1CCCCC1NS(=O)(=O)C(F)(F)F)S(=O)(=O)C(F)(F)F. The lowest BCUT2D eigenvalue weighted by atomic mass is 9.91. The minimum atomic E-state index is -6.21. The highest BCUT2D eigenvalue weighted by Crippen LogP contribution is 2.34. The van der Waals surface area contributed by atoms with Crippen molar-refractivity contribution in [1.82, 2.24) is 9.03 Å². The van der Waals surface area contributed by atoms with Gasteiger partial charge in [-0.25, -0.2) is 17.4 Å². The molecule has 0 aromatic carbocycles. The lowest BCUT2D eigenvalue weighted by Crippen LogP contribution is -2.59. The van der Waals surface area contributed by atoms with Gasteiger partial charge in [-0.1, -0.05) is 19.8 Å². The number of carbonyl (C=O) groups excluding carboxylic acids is 1. The monoisotopic (exact) mass is 434 g/mol. The number of nitrogens with zero attached hydrogens (tertiary/aromatic N) is 1. The Balaban J connectivity index is 3.37. The van der Waals surface area contributed by atoms with E-state index in [4.69, 9.17) is 0 Å². The first-order valence-electron chi connectivity index (χ1n) is 7.28. The maximum absolute atomic E-state index is 12.9. The lowest BCUT2D eigenvalue weighted by Gasteiger charge is -2.39. The van der Waals surface area contributed by atoms with Crippen LogP contribution in [-0.4, -0.2) is 50.1 Å². The highest BCUT2D eigenvalue weighted by molar-refractivity contribution is 7.90. The van der Waals surface area contributed by atoms with E-state index in [2.05, 4.69) is 0 Å². The van der Waals surface area contributed by atoms with Gasteiger partial charge in [-0.05, 0) is 12.8 Å². The maximum Gasteiger partial charge on any atom is 0.516 e. The molecule has 2 unspecified atom stereocenters. The minimum absolute atomic E-state index is 0.107. The summed E-state index contributed by atoms with van der Waals surface area (Å²) in [5, 5.41) is 0. The molecule has 0 bridgehead atoms. The molecule has 7 nitrogen and oxygen atoms in total. The molecular weight excluding hydrogens is 418 g/mol. The highest BCUT2D eigenvalue weighted by Gasteiger charge is 2.56. The Morgan fingerprint density at radius 2 is 1.50 bits per heavy atom. The van der Waals surface area contributed by atoms with Crippen LogP contribution in [0.25, 0.3) is 0 Å². The summed E-state index contributed by atoms with van der Waals surface area (Å²) in [4.78, 5) is 11.9. The zero-order valence-electron chi connectivity index (χ0n) is 13.3. The number of hydrogen-bond acceptors (Lipinski definition) is 5. The number of carbonyl (C=O) groups is 1. The molecule has 1 saturated carbocycles. The number of nitrogens with one attached hydrogen (secondary N) is 1. The van der Waals surface area contributed by atoms with Crippen LogP contribution in [0.2, 0.25) is 0 Å². The molecule has 1 N–H and O–H groups in total. The van der Waals surface area contributed by atoms with E-state index >= 15 is 0 Å². The van der Waals surface area contributed by atoms with Crippen molar-refractivity contribution in [3.05, 3.63) is 0 Å². The summed E-state index contributed by atoms with van der Waals surface area (Å²) in [6.45, 7) is 1.07. The zero-order valence-corrected chi connectivity index (χ0v) is 14.9. The van der Waals surface area contributed by atoms with Crippen molar-refractivity contribution in [3.63, 3.8) is 0 Å². The molecule has 0 aromatic heterocycles. The predicted octanol–water partition coefficient (Wildman–Crippen LogP) is 1.83. The largest absolute Gasteiger partial charge is 0.516 e. The van der Waals surface area contributed by atoms with Gasteiger partial charge in [-0.2, -0.15) is 34.8 Å². The van der Waals surface area contributed by atoms with Crippen molar-refractivity contribution in [2.24, 2.45) is 0 Å². The van der Waals surface area contributed by atoms with Gasteiger partial charge >= 0.3 is 31.1 Å². The first-order valence-corrected chi connectivity index (χ1v) is 10.2. The quantitative estimate of drug-likeness (QED) is 0.666. The van der Waals surface area contributed by atoms with E-state index in [1.807, 2.05) is 0 Å². The van der Waals surface area contributed by atoms with Crippen LogP contribution in [0.1, 0.15) is 39.0 Å². The molecule has 0 aromatic rings. The van der Waals surface area contributed by atoms with Crippen LogP contribution in [-0.2, 0) is 24.8 Å². The molecule has 1 fully saturated rings. The van der Waals surface area contributed by atoms with E-state index in [0.717, 1.165) is 6.92 Å². The average molecular weight is 434 g/mol. The molecule has 154 valence electrons. The van der Waals surface area contributed by atoms with E-state index < -0.39 is 66.2 Å². The second kappa shape index (κ2) is 7.50. The molecule has 1 aliphatic carbocycles. The van der Waals surface area contributed by atoms with Crippen molar-refractivity contribution in [1.29, 1.82) is 0 Å². The fourth-order valence-electron chi connectivity index (χ4n) is 2.56. The summed E-state index contributed by atoms with van der Waals surface area (Å²) < 4.78 is 123. The van der Waals surface area contributed by atoms with Crippen molar-refractivity contribution < 1.29 is 48.0 Å². The summed E-state index contributed by atoms with van der Waals surface area (Å²) in [5.74, 6) is -1.49. The first-order chi connectivity index (χ1) is 11.6. The van der Waals surface area contributed by atoms with Crippen molar-refractivity contribution >= 4 is 26.0 Å². The van der Waals surface area contributed by atoms with Crippen LogP contribution in [0.3, 0.4) is 0 Å². The van der Waals surface area contributed by atoms with Gasteiger partial charge in [0.25, 0.3) is 0 Å². The fourth-order valence-corrected chi connectivity index (χ4v) is 4.60. The number of amides is 1. The molecule has 1 aliphatic rings. The highest BCUT2D eigenvalue weighted by atomic mass is 32.2. The van der Waals surface area contributed by atoms with Crippen LogP contribution in [0.4, 0.5) is 26.3 Å². The van der Waals surface area contributed by atoms with Gasteiger partial charge in [0, 0.05) is 12.5 Å². The van der Waals surface area contributed by atoms with Gasteiger partial charge in [0.2, 0.25) is 5.91 Å². The second-order valence-corrected chi connectivity index (χ2v) is 9.03. The summed E-state index contributed by atoms with van der Waals surface area (Å²) in [6, 6.07) is -3.75. The Labute approximate surface area is 145 Å². The number of sulfonamides is 2. The molecule has 0 aliphatic heterocycles. The van der Waals surface area contributed by atoms with Gasteiger partial charge in [0.05, 0.1) is 6.04 Å². The van der Waals surface area contributed by atoms with E-state index in [9.17, 15) is 48.0 Å². The summed E-state index contributed by atoms with van der Waals surface area (Å²) in [7, 11) is -12.1. The van der Waals surface area contributed by atoms with Crippen molar-refractivity contribution in [2.45, 2.75) is 62.1 Å². The third kappa shape index (κ3) is 4.60. The normalized spacial score (nSPS) is 22.9. The number of halogens is 6. The van der Waals surface area contributed by atoms with Gasteiger partial charge < -0.3 is 0 Å². The molecule has 1 rings (SSSR count). The molecule has 2 atom stereocenters. The lowest BCUT2D eigenvalue weighted by molar-refractivity contribution is -0.130. The Morgan fingerprint density at radius 3 is 1.92 bits per heavy atom. The molecule has 15 heteroatoms. The van der Waals surface area contributed by atoms with Crippen molar-refractivity contribution in [3.8, 4) is 0 Å². The Bertz CT molecular complexity index is 731. The smallest absolute Gasteiger partial charge is 0.274 e. The Hall–Kier alpha value is -1.09. The second-order valence-electron chi connectivity index (χ2n) is 5.52. The Kier molecular flexibility index (Phi) is 6.62. The van der Waals surface area contributed by atoms with Crippen LogP contribution in [0.5, 0.6) is 0 Å². The van der Waals surface area contributed by atoms with Gasteiger partial charge in [0.1, 0.15) is 0 Å².